The van der Waals surface area contributed by atoms with Gasteiger partial charge in [-0.1, -0.05) is 52.3 Å². The molecule has 0 radical (unpaired) electrons. The monoisotopic (exact) mass is 485 g/mol. The van der Waals surface area contributed by atoms with Crippen LogP contribution in [0.4, 0.5) is 10.5 Å². The number of carbonyl (C=O) groups excluding carboxylic acids is 2. The van der Waals surface area contributed by atoms with Crippen LogP contribution in [0.5, 0.6) is 0 Å². The van der Waals surface area contributed by atoms with Crippen LogP contribution in [-0.2, 0) is 4.79 Å². The summed E-state index contributed by atoms with van der Waals surface area (Å²) in [5, 5.41) is 2.96. The fourth-order valence-corrected chi connectivity index (χ4v) is 5.84. The number of carbonyl (C=O) groups is 2. The number of halogens is 1. The minimum Gasteiger partial charge on any atom is -0.324 e. The molecule has 156 valence electrons. The lowest BCUT2D eigenvalue weighted by Crippen LogP contribution is -2.53. The molecular weight excluding hydrogens is 462 g/mol. The Morgan fingerprint density at radius 1 is 1.03 bits per heavy atom. The number of urea groups is 1. The quantitative estimate of drug-likeness (QED) is 0.617. The summed E-state index contributed by atoms with van der Waals surface area (Å²) in [6.45, 7) is 2.03. The molecule has 5 nitrogen and oxygen atoms in total. The zero-order chi connectivity index (χ0) is 21.0. The Labute approximate surface area is 189 Å². The predicted molar refractivity (Wildman–Crippen MR) is 126 cm³/mol. The number of hydrogen-bond donors (Lipinski definition) is 1. The number of nitrogens with zero attached hydrogens (tertiary/aromatic N) is 2. The molecule has 1 N–H and O–H groups in total. The first kappa shape index (κ1) is 21.0. The number of piperidine rings is 1. The van der Waals surface area contributed by atoms with Crippen molar-refractivity contribution in [1.82, 2.24) is 9.80 Å². The van der Waals surface area contributed by atoms with Crippen LogP contribution in [0.15, 0.2) is 65.1 Å². The summed E-state index contributed by atoms with van der Waals surface area (Å²) in [6, 6.07) is 17.4. The molecule has 0 aliphatic carbocycles. The van der Waals surface area contributed by atoms with Gasteiger partial charge in [-0.05, 0) is 42.7 Å². The second-order valence-electron chi connectivity index (χ2n) is 7.46. The molecule has 2 fully saturated rings. The fourth-order valence-electron chi connectivity index (χ4n) is 3.98. The number of rotatable bonds is 3. The maximum Gasteiger partial charge on any atom is 0.321 e. The van der Waals surface area contributed by atoms with Crippen molar-refractivity contribution in [2.75, 3.05) is 30.7 Å². The first-order chi connectivity index (χ1) is 14.6. The largest absolute Gasteiger partial charge is 0.324 e. The minimum absolute atomic E-state index is 0.0518. The summed E-state index contributed by atoms with van der Waals surface area (Å²) < 4.78 is 0.929. The molecule has 30 heavy (non-hydrogen) atoms. The average Bonchev–Trinajstić information content (AvgIpc) is 3.16. The van der Waals surface area contributed by atoms with Crippen LogP contribution in [0.3, 0.4) is 0 Å². The van der Waals surface area contributed by atoms with Crippen molar-refractivity contribution in [2.45, 2.75) is 17.7 Å². The number of amides is 3. The van der Waals surface area contributed by atoms with Gasteiger partial charge in [0.15, 0.2) is 0 Å². The molecule has 4 rings (SSSR count). The number of benzene rings is 2. The standard InChI is InChI=1S/C23H24BrN3O2S/c24-19-7-4-8-20(17-19)25-22(29)26-13-11-23(12-14-26)27(15-16-30-23)21(28)10-9-18-5-2-1-3-6-18/h1-10,17H,11-16H2,(H,25,29). The first-order valence-corrected chi connectivity index (χ1v) is 11.8. The highest BCUT2D eigenvalue weighted by Crippen LogP contribution is 2.44. The number of nitrogens with one attached hydrogen (secondary N) is 1. The summed E-state index contributed by atoms with van der Waals surface area (Å²) in [4.78, 5) is 29.2. The summed E-state index contributed by atoms with van der Waals surface area (Å²) in [7, 11) is 0. The lowest BCUT2D eigenvalue weighted by Gasteiger charge is -2.43. The third kappa shape index (κ3) is 4.73. The van der Waals surface area contributed by atoms with Crippen LogP contribution < -0.4 is 5.32 Å². The van der Waals surface area contributed by atoms with E-state index in [9.17, 15) is 9.59 Å². The van der Waals surface area contributed by atoms with Gasteiger partial charge < -0.3 is 15.1 Å². The van der Waals surface area contributed by atoms with Crippen molar-refractivity contribution in [3.63, 3.8) is 0 Å². The molecule has 0 aromatic heterocycles. The SMILES string of the molecule is O=C(Nc1cccc(Br)c1)N1CCC2(CC1)SCCN2C(=O)C=Cc1ccccc1. The van der Waals surface area contributed by atoms with Gasteiger partial charge in [-0.2, -0.15) is 0 Å². The van der Waals surface area contributed by atoms with E-state index in [1.807, 2.05) is 82.2 Å². The van der Waals surface area contributed by atoms with Gasteiger partial charge in [0.25, 0.3) is 0 Å². The van der Waals surface area contributed by atoms with E-state index in [-0.39, 0.29) is 16.8 Å². The molecule has 0 saturated carbocycles. The summed E-state index contributed by atoms with van der Waals surface area (Å²) in [6.07, 6.45) is 5.12. The van der Waals surface area contributed by atoms with Gasteiger partial charge in [0.1, 0.15) is 0 Å². The molecule has 0 unspecified atom stereocenters. The molecular formula is C23H24BrN3O2S. The summed E-state index contributed by atoms with van der Waals surface area (Å²) in [5.74, 6) is 0.991. The van der Waals surface area contributed by atoms with Crippen molar-refractivity contribution >= 4 is 51.4 Å². The van der Waals surface area contributed by atoms with E-state index >= 15 is 0 Å². The number of anilines is 1. The molecule has 0 atom stereocenters. The highest BCUT2D eigenvalue weighted by Gasteiger charge is 2.46. The van der Waals surface area contributed by atoms with Crippen LogP contribution in [0, 0.1) is 0 Å². The number of hydrogen-bond acceptors (Lipinski definition) is 3. The molecule has 2 aliphatic heterocycles. The summed E-state index contributed by atoms with van der Waals surface area (Å²) in [5.41, 5.74) is 1.79. The Morgan fingerprint density at radius 3 is 2.53 bits per heavy atom. The van der Waals surface area contributed by atoms with Crippen molar-refractivity contribution < 1.29 is 9.59 Å². The lowest BCUT2D eigenvalue weighted by atomic mass is 10.0. The van der Waals surface area contributed by atoms with E-state index in [0.717, 1.165) is 40.9 Å². The smallest absolute Gasteiger partial charge is 0.321 e. The van der Waals surface area contributed by atoms with E-state index in [2.05, 4.69) is 21.2 Å². The fraction of sp³-hybridized carbons (Fsp3) is 0.304. The summed E-state index contributed by atoms with van der Waals surface area (Å²) >= 11 is 5.28. The maximum absolute atomic E-state index is 12.9. The van der Waals surface area contributed by atoms with E-state index in [1.54, 1.807) is 6.08 Å². The Morgan fingerprint density at radius 2 is 1.80 bits per heavy atom. The Bertz CT molecular complexity index is 942. The molecule has 2 saturated heterocycles. The highest BCUT2D eigenvalue weighted by molar-refractivity contribution is 9.10. The predicted octanol–water partition coefficient (Wildman–Crippen LogP) is 5.06. The van der Waals surface area contributed by atoms with E-state index in [4.69, 9.17) is 0 Å². The van der Waals surface area contributed by atoms with Crippen molar-refractivity contribution in [2.24, 2.45) is 0 Å². The Balaban J connectivity index is 1.37. The second kappa shape index (κ2) is 9.27. The van der Waals surface area contributed by atoms with E-state index in [0.29, 0.717) is 13.1 Å². The van der Waals surface area contributed by atoms with Gasteiger partial charge in [0.05, 0.1) is 4.87 Å². The van der Waals surface area contributed by atoms with Gasteiger partial charge >= 0.3 is 6.03 Å². The van der Waals surface area contributed by atoms with Gasteiger partial charge in [-0.25, -0.2) is 4.79 Å². The third-order valence-corrected chi connectivity index (χ3v) is 7.62. The zero-order valence-corrected chi connectivity index (χ0v) is 19.0. The Kier molecular flexibility index (Phi) is 6.49. The van der Waals surface area contributed by atoms with Gasteiger partial charge in [0.2, 0.25) is 5.91 Å². The normalized spacial score (nSPS) is 18.2. The maximum atomic E-state index is 12.9. The molecule has 2 aliphatic rings. The van der Waals surface area contributed by atoms with Crippen LogP contribution in [0.1, 0.15) is 18.4 Å². The second-order valence-corrected chi connectivity index (χ2v) is 9.83. The van der Waals surface area contributed by atoms with Crippen LogP contribution >= 0.6 is 27.7 Å². The first-order valence-electron chi connectivity index (χ1n) is 10.1. The lowest BCUT2D eigenvalue weighted by molar-refractivity contribution is -0.129. The van der Waals surface area contributed by atoms with Crippen molar-refractivity contribution in [3.8, 4) is 0 Å². The van der Waals surface area contributed by atoms with Crippen LogP contribution in [-0.4, -0.2) is 52.0 Å². The molecule has 7 heteroatoms. The molecule has 2 aromatic rings. The van der Waals surface area contributed by atoms with Gasteiger partial charge in [0, 0.05) is 41.6 Å². The topological polar surface area (TPSA) is 52.7 Å². The van der Waals surface area contributed by atoms with E-state index in [1.165, 1.54) is 0 Å². The number of likely N-dealkylation sites (tertiary alicyclic amines) is 1. The van der Waals surface area contributed by atoms with Crippen molar-refractivity contribution in [1.29, 1.82) is 0 Å². The average molecular weight is 486 g/mol. The molecule has 3 amide bonds. The molecule has 2 heterocycles. The van der Waals surface area contributed by atoms with Crippen LogP contribution in [0.25, 0.3) is 6.08 Å². The number of thioether (sulfide) groups is 1. The zero-order valence-electron chi connectivity index (χ0n) is 16.6. The molecule has 2 aromatic carbocycles. The van der Waals surface area contributed by atoms with Gasteiger partial charge in [-0.3, -0.25) is 4.79 Å². The van der Waals surface area contributed by atoms with E-state index < -0.39 is 0 Å². The minimum atomic E-state index is -0.204. The molecule has 1 spiro atoms. The van der Waals surface area contributed by atoms with Crippen LogP contribution in [0.2, 0.25) is 0 Å². The van der Waals surface area contributed by atoms with Crippen molar-refractivity contribution in [3.05, 3.63) is 70.7 Å². The third-order valence-electron chi connectivity index (χ3n) is 5.57. The van der Waals surface area contributed by atoms with Gasteiger partial charge in [-0.15, -0.1) is 11.8 Å². The molecule has 0 bridgehead atoms. The Hall–Kier alpha value is -2.25. The highest BCUT2D eigenvalue weighted by atomic mass is 79.9.